The first kappa shape index (κ1) is 13.5. The molecule has 1 heterocycles. The van der Waals surface area contributed by atoms with E-state index in [1.807, 2.05) is 0 Å². The van der Waals surface area contributed by atoms with Gasteiger partial charge in [0.15, 0.2) is 23.1 Å². The minimum absolute atomic E-state index is 0.000123. The van der Waals surface area contributed by atoms with E-state index in [-0.39, 0.29) is 33.9 Å². The van der Waals surface area contributed by atoms with Gasteiger partial charge >= 0.3 is 0 Å². The molecule has 0 aliphatic carbocycles. The number of nitrogen functional groups attached to an aromatic ring is 1. The van der Waals surface area contributed by atoms with Gasteiger partial charge in [0, 0.05) is 5.92 Å². The monoisotopic (exact) mass is 282 g/mol. The number of Topliss-reactive ketones (excluding diaryl/α,β-unsaturated/α-hetero) is 1. The van der Waals surface area contributed by atoms with Crippen molar-refractivity contribution in [1.29, 1.82) is 0 Å². The Balaban J connectivity index is 2.54. The average molecular weight is 283 g/mol. The van der Waals surface area contributed by atoms with Crippen LogP contribution in [0.3, 0.4) is 0 Å². The first-order valence-corrected chi connectivity index (χ1v) is 6.01. The summed E-state index contributed by atoms with van der Waals surface area (Å²) in [6.45, 7) is 3.45. The predicted molar refractivity (Wildman–Crippen MR) is 69.9 cm³/mol. The van der Waals surface area contributed by atoms with Crippen LogP contribution in [0.2, 0.25) is 5.02 Å². The van der Waals surface area contributed by atoms with Crippen molar-refractivity contribution in [1.82, 2.24) is 15.0 Å². The van der Waals surface area contributed by atoms with E-state index in [0.29, 0.717) is 0 Å². The molecule has 1 aromatic heterocycles. The van der Waals surface area contributed by atoms with Crippen molar-refractivity contribution in [3.05, 3.63) is 34.7 Å². The SMILES string of the molecule is CC(C)C(=O)c1nnn(-c2cccc(Cl)c2F)c1N. The lowest BCUT2D eigenvalue weighted by Gasteiger charge is -2.06. The fourth-order valence-electron chi connectivity index (χ4n) is 1.57. The standard InChI is InChI=1S/C12H12ClFN4O/c1-6(2)11(19)10-12(15)18(17-16-10)8-5-3-4-7(13)9(8)14/h3-6H,15H2,1-2H3. The lowest BCUT2D eigenvalue weighted by molar-refractivity contribution is 0.0935. The Labute approximate surface area is 114 Å². The molecule has 0 saturated heterocycles. The maximum atomic E-state index is 13.9. The molecule has 2 rings (SSSR count). The van der Waals surface area contributed by atoms with E-state index in [0.717, 1.165) is 4.68 Å². The minimum Gasteiger partial charge on any atom is -0.382 e. The zero-order chi connectivity index (χ0) is 14.2. The molecule has 0 fully saturated rings. The topological polar surface area (TPSA) is 73.8 Å². The van der Waals surface area contributed by atoms with Crippen molar-refractivity contribution in [3.63, 3.8) is 0 Å². The van der Waals surface area contributed by atoms with Crippen LogP contribution < -0.4 is 5.73 Å². The van der Waals surface area contributed by atoms with Crippen molar-refractivity contribution in [2.45, 2.75) is 13.8 Å². The molecule has 5 nitrogen and oxygen atoms in total. The number of carbonyl (C=O) groups is 1. The van der Waals surface area contributed by atoms with Gasteiger partial charge in [-0.3, -0.25) is 4.79 Å². The lowest BCUT2D eigenvalue weighted by Crippen LogP contribution is -2.12. The molecule has 0 aliphatic rings. The van der Waals surface area contributed by atoms with E-state index < -0.39 is 5.82 Å². The number of nitrogens with two attached hydrogens (primary N) is 1. The van der Waals surface area contributed by atoms with Gasteiger partial charge in [0.05, 0.1) is 5.02 Å². The minimum atomic E-state index is -0.663. The zero-order valence-electron chi connectivity index (χ0n) is 10.4. The molecule has 1 aromatic carbocycles. The molecule has 0 amide bonds. The molecule has 0 spiro atoms. The summed E-state index contributed by atoms with van der Waals surface area (Å²) in [4.78, 5) is 11.8. The maximum Gasteiger partial charge on any atom is 0.189 e. The number of ketones is 1. The number of anilines is 1. The maximum absolute atomic E-state index is 13.9. The Morgan fingerprint density at radius 1 is 1.47 bits per heavy atom. The molecule has 0 radical (unpaired) electrons. The molecule has 19 heavy (non-hydrogen) atoms. The van der Waals surface area contributed by atoms with Crippen LogP contribution in [0, 0.1) is 11.7 Å². The normalized spacial score (nSPS) is 11.0. The van der Waals surface area contributed by atoms with Gasteiger partial charge in [0.25, 0.3) is 0 Å². The summed E-state index contributed by atoms with van der Waals surface area (Å²) in [5.74, 6) is -1.17. The average Bonchev–Trinajstić information content (AvgIpc) is 2.73. The Bertz CT molecular complexity index is 639. The van der Waals surface area contributed by atoms with Crippen LogP contribution in [0.15, 0.2) is 18.2 Å². The van der Waals surface area contributed by atoms with Gasteiger partial charge in [-0.1, -0.05) is 36.7 Å². The summed E-state index contributed by atoms with van der Waals surface area (Å²) in [6.07, 6.45) is 0. The summed E-state index contributed by atoms with van der Waals surface area (Å²) < 4.78 is 14.9. The summed E-state index contributed by atoms with van der Waals surface area (Å²) in [5, 5.41) is 7.37. The van der Waals surface area contributed by atoms with Gasteiger partial charge in [-0.15, -0.1) is 5.10 Å². The van der Waals surface area contributed by atoms with Crippen LogP contribution in [0.5, 0.6) is 0 Å². The third kappa shape index (κ3) is 2.31. The molecule has 2 N–H and O–H groups in total. The fourth-order valence-corrected chi connectivity index (χ4v) is 1.74. The highest BCUT2D eigenvalue weighted by Gasteiger charge is 2.22. The van der Waals surface area contributed by atoms with Gasteiger partial charge < -0.3 is 5.73 Å². The molecule has 7 heteroatoms. The van der Waals surface area contributed by atoms with Gasteiger partial charge in [-0.05, 0) is 12.1 Å². The molecule has 2 aromatic rings. The van der Waals surface area contributed by atoms with Crippen LogP contribution in [-0.4, -0.2) is 20.8 Å². The second-order valence-corrected chi connectivity index (χ2v) is 4.73. The summed E-state index contributed by atoms with van der Waals surface area (Å²) in [7, 11) is 0. The summed E-state index contributed by atoms with van der Waals surface area (Å²) in [5.41, 5.74) is 5.89. The first-order valence-electron chi connectivity index (χ1n) is 5.63. The highest BCUT2D eigenvalue weighted by molar-refractivity contribution is 6.30. The number of nitrogens with zero attached hydrogens (tertiary/aromatic N) is 3. The molecule has 0 atom stereocenters. The predicted octanol–water partition coefficient (Wildman–Crippen LogP) is 2.48. The van der Waals surface area contributed by atoms with Crippen LogP contribution in [0.1, 0.15) is 24.3 Å². The number of rotatable bonds is 3. The van der Waals surface area contributed by atoms with Crippen molar-refractivity contribution < 1.29 is 9.18 Å². The molecule has 0 aliphatic heterocycles. The fraction of sp³-hybridized carbons (Fsp3) is 0.250. The van der Waals surface area contributed by atoms with Crippen LogP contribution in [0.4, 0.5) is 10.2 Å². The summed E-state index contributed by atoms with van der Waals surface area (Å²) >= 11 is 5.69. The Kier molecular flexibility index (Phi) is 3.53. The van der Waals surface area contributed by atoms with Gasteiger partial charge in [-0.25, -0.2) is 4.39 Å². The van der Waals surface area contributed by atoms with E-state index in [2.05, 4.69) is 10.3 Å². The van der Waals surface area contributed by atoms with Crippen LogP contribution >= 0.6 is 11.6 Å². The van der Waals surface area contributed by atoms with Crippen molar-refractivity contribution in [2.75, 3.05) is 5.73 Å². The van der Waals surface area contributed by atoms with Crippen LogP contribution in [0.25, 0.3) is 5.69 Å². The third-order valence-electron chi connectivity index (χ3n) is 2.62. The Morgan fingerprint density at radius 3 is 2.79 bits per heavy atom. The first-order chi connectivity index (χ1) is 8.93. The number of benzene rings is 1. The second-order valence-electron chi connectivity index (χ2n) is 4.33. The highest BCUT2D eigenvalue weighted by atomic mass is 35.5. The molecule has 100 valence electrons. The number of hydrogen-bond donors (Lipinski definition) is 1. The van der Waals surface area contributed by atoms with Crippen molar-refractivity contribution >= 4 is 23.2 Å². The molecule has 0 bridgehead atoms. The quantitative estimate of drug-likeness (QED) is 0.878. The van der Waals surface area contributed by atoms with Gasteiger partial charge in [-0.2, -0.15) is 4.68 Å². The number of halogens is 2. The zero-order valence-corrected chi connectivity index (χ0v) is 11.1. The van der Waals surface area contributed by atoms with Crippen molar-refractivity contribution in [3.8, 4) is 5.69 Å². The largest absolute Gasteiger partial charge is 0.382 e. The number of hydrogen-bond acceptors (Lipinski definition) is 4. The Hall–Kier alpha value is -1.95. The van der Waals surface area contributed by atoms with E-state index in [1.54, 1.807) is 19.9 Å². The third-order valence-corrected chi connectivity index (χ3v) is 2.91. The number of carbonyl (C=O) groups excluding carboxylic acids is 1. The summed E-state index contributed by atoms with van der Waals surface area (Å²) in [6, 6.07) is 4.43. The molecule has 0 saturated carbocycles. The number of aromatic nitrogens is 3. The van der Waals surface area contributed by atoms with Gasteiger partial charge in [0.2, 0.25) is 0 Å². The molecular weight excluding hydrogens is 271 g/mol. The lowest BCUT2D eigenvalue weighted by atomic mass is 10.1. The second kappa shape index (κ2) is 4.97. The molecule has 0 unspecified atom stereocenters. The molecular formula is C12H12ClFN4O. The van der Waals surface area contributed by atoms with Crippen molar-refractivity contribution in [2.24, 2.45) is 5.92 Å². The smallest absolute Gasteiger partial charge is 0.189 e. The van der Waals surface area contributed by atoms with Gasteiger partial charge in [0.1, 0.15) is 5.69 Å². The van der Waals surface area contributed by atoms with Crippen LogP contribution in [-0.2, 0) is 0 Å². The van der Waals surface area contributed by atoms with E-state index in [1.165, 1.54) is 12.1 Å². The van der Waals surface area contributed by atoms with E-state index in [9.17, 15) is 9.18 Å². The van der Waals surface area contributed by atoms with E-state index >= 15 is 0 Å². The van der Waals surface area contributed by atoms with E-state index in [4.69, 9.17) is 17.3 Å². The Morgan fingerprint density at radius 2 is 2.16 bits per heavy atom. The highest BCUT2D eigenvalue weighted by Crippen LogP contribution is 2.24.